The number of sulfone groups is 1. The highest BCUT2D eigenvalue weighted by Crippen LogP contribution is 2.30. The minimum atomic E-state index is -3.40. The first-order valence-corrected chi connectivity index (χ1v) is 11.0. The van der Waals surface area contributed by atoms with Gasteiger partial charge in [-0.05, 0) is 44.9 Å². The van der Waals surface area contributed by atoms with Crippen LogP contribution in [0.25, 0.3) is 0 Å². The molecule has 0 radical (unpaired) electrons. The van der Waals surface area contributed by atoms with Gasteiger partial charge < -0.3 is 10.2 Å². The largest absolute Gasteiger partial charge is 0.341 e. The van der Waals surface area contributed by atoms with E-state index in [4.69, 9.17) is 0 Å². The molecule has 144 valence electrons. The number of amides is 2. The summed E-state index contributed by atoms with van der Waals surface area (Å²) in [5, 5.41) is 2.95. The quantitative estimate of drug-likeness (QED) is 0.821. The van der Waals surface area contributed by atoms with Gasteiger partial charge in [0, 0.05) is 24.9 Å². The Kier molecular flexibility index (Phi) is 6.44. The van der Waals surface area contributed by atoms with Gasteiger partial charge in [0.2, 0.25) is 5.91 Å². The SMILES string of the molecule is CCN(CC)C(=O)C1(NC(=O)c2cccc(S(C)(=O)=O)c2)CCCCC1. The highest BCUT2D eigenvalue weighted by molar-refractivity contribution is 7.90. The standard InChI is InChI=1S/C19H28N2O4S/c1-4-21(5-2)18(23)19(12-7-6-8-13-19)20-17(22)15-10-9-11-16(14-15)26(3,24)25/h9-11,14H,4-8,12-13H2,1-3H3,(H,20,22). The lowest BCUT2D eigenvalue weighted by Gasteiger charge is -2.40. The van der Waals surface area contributed by atoms with Gasteiger partial charge in [-0.3, -0.25) is 9.59 Å². The van der Waals surface area contributed by atoms with Crippen molar-refractivity contribution in [1.82, 2.24) is 10.2 Å². The summed E-state index contributed by atoms with van der Waals surface area (Å²) < 4.78 is 23.5. The van der Waals surface area contributed by atoms with E-state index in [1.54, 1.807) is 17.0 Å². The van der Waals surface area contributed by atoms with Crippen molar-refractivity contribution in [2.45, 2.75) is 56.4 Å². The third kappa shape index (κ3) is 4.44. The van der Waals surface area contributed by atoms with E-state index in [1.165, 1.54) is 12.1 Å². The zero-order valence-corrected chi connectivity index (χ0v) is 16.6. The molecule has 1 aromatic rings. The minimum absolute atomic E-state index is 0.0465. The van der Waals surface area contributed by atoms with Gasteiger partial charge in [-0.1, -0.05) is 25.3 Å². The lowest BCUT2D eigenvalue weighted by atomic mass is 9.80. The van der Waals surface area contributed by atoms with Crippen LogP contribution in [0.15, 0.2) is 29.2 Å². The summed E-state index contributed by atoms with van der Waals surface area (Å²) in [6.07, 6.45) is 5.15. The molecule has 0 aromatic heterocycles. The van der Waals surface area contributed by atoms with Gasteiger partial charge in [0.05, 0.1) is 4.90 Å². The Hall–Kier alpha value is -1.89. The van der Waals surface area contributed by atoms with Crippen molar-refractivity contribution in [3.63, 3.8) is 0 Å². The molecule has 0 aliphatic heterocycles. The fraction of sp³-hybridized carbons (Fsp3) is 0.579. The Balaban J connectivity index is 2.31. The minimum Gasteiger partial charge on any atom is -0.341 e. The van der Waals surface area contributed by atoms with E-state index in [-0.39, 0.29) is 16.4 Å². The Labute approximate surface area is 155 Å². The number of rotatable bonds is 6. The van der Waals surface area contributed by atoms with Crippen LogP contribution >= 0.6 is 0 Å². The van der Waals surface area contributed by atoms with E-state index in [9.17, 15) is 18.0 Å². The van der Waals surface area contributed by atoms with Crippen LogP contribution in [0.3, 0.4) is 0 Å². The van der Waals surface area contributed by atoms with E-state index in [0.717, 1.165) is 25.5 Å². The van der Waals surface area contributed by atoms with Crippen molar-refractivity contribution in [2.24, 2.45) is 0 Å². The fourth-order valence-electron chi connectivity index (χ4n) is 3.52. The first-order chi connectivity index (χ1) is 12.2. The molecule has 0 heterocycles. The number of nitrogens with one attached hydrogen (secondary N) is 1. The second kappa shape index (κ2) is 8.20. The number of hydrogen-bond acceptors (Lipinski definition) is 4. The lowest BCUT2D eigenvalue weighted by Crippen LogP contribution is -2.60. The highest BCUT2D eigenvalue weighted by atomic mass is 32.2. The Morgan fingerprint density at radius 2 is 1.73 bits per heavy atom. The Bertz CT molecular complexity index is 763. The van der Waals surface area contributed by atoms with E-state index in [1.807, 2.05) is 13.8 Å². The van der Waals surface area contributed by atoms with E-state index >= 15 is 0 Å². The van der Waals surface area contributed by atoms with Crippen molar-refractivity contribution in [2.75, 3.05) is 19.3 Å². The first kappa shape index (κ1) is 20.4. The molecular formula is C19H28N2O4S. The first-order valence-electron chi connectivity index (χ1n) is 9.15. The van der Waals surface area contributed by atoms with Crippen molar-refractivity contribution in [3.05, 3.63) is 29.8 Å². The number of carbonyl (C=O) groups excluding carboxylic acids is 2. The monoisotopic (exact) mass is 380 g/mol. The van der Waals surface area contributed by atoms with Gasteiger partial charge in [-0.2, -0.15) is 0 Å². The van der Waals surface area contributed by atoms with Gasteiger partial charge in [0.25, 0.3) is 5.91 Å². The molecule has 1 N–H and O–H groups in total. The van der Waals surface area contributed by atoms with Gasteiger partial charge in [-0.15, -0.1) is 0 Å². The Morgan fingerprint density at radius 1 is 1.12 bits per heavy atom. The number of nitrogens with zero attached hydrogens (tertiary/aromatic N) is 1. The van der Waals surface area contributed by atoms with Gasteiger partial charge >= 0.3 is 0 Å². The molecule has 0 bridgehead atoms. The molecule has 0 atom stereocenters. The van der Waals surface area contributed by atoms with Crippen LogP contribution in [0.5, 0.6) is 0 Å². The van der Waals surface area contributed by atoms with Crippen LogP contribution in [-0.2, 0) is 14.6 Å². The maximum atomic E-state index is 13.1. The number of likely N-dealkylation sites (N-methyl/N-ethyl adjacent to an activating group) is 1. The third-order valence-electron chi connectivity index (χ3n) is 5.04. The molecule has 7 heteroatoms. The van der Waals surface area contributed by atoms with Crippen molar-refractivity contribution in [1.29, 1.82) is 0 Å². The molecule has 0 spiro atoms. The predicted octanol–water partition coefficient (Wildman–Crippen LogP) is 2.39. The molecule has 1 aromatic carbocycles. The summed E-state index contributed by atoms with van der Waals surface area (Å²) in [6, 6.07) is 5.94. The van der Waals surface area contributed by atoms with E-state index < -0.39 is 21.3 Å². The lowest BCUT2D eigenvalue weighted by molar-refractivity contribution is -0.139. The maximum absolute atomic E-state index is 13.1. The van der Waals surface area contributed by atoms with Crippen LogP contribution in [0.2, 0.25) is 0 Å². The molecule has 0 saturated heterocycles. The molecular weight excluding hydrogens is 352 g/mol. The summed E-state index contributed by atoms with van der Waals surface area (Å²) >= 11 is 0. The molecule has 6 nitrogen and oxygen atoms in total. The second-order valence-electron chi connectivity index (χ2n) is 6.87. The molecule has 1 saturated carbocycles. The fourth-order valence-corrected chi connectivity index (χ4v) is 4.19. The maximum Gasteiger partial charge on any atom is 0.252 e. The highest BCUT2D eigenvalue weighted by Gasteiger charge is 2.42. The van der Waals surface area contributed by atoms with Gasteiger partial charge in [0.15, 0.2) is 9.84 Å². The summed E-state index contributed by atoms with van der Waals surface area (Å²) in [7, 11) is -3.40. The van der Waals surface area contributed by atoms with E-state index in [2.05, 4.69) is 5.32 Å². The Morgan fingerprint density at radius 3 is 2.27 bits per heavy atom. The average molecular weight is 381 g/mol. The molecule has 0 unspecified atom stereocenters. The molecule has 26 heavy (non-hydrogen) atoms. The van der Waals surface area contributed by atoms with Crippen LogP contribution in [0.4, 0.5) is 0 Å². The van der Waals surface area contributed by atoms with Crippen molar-refractivity contribution < 1.29 is 18.0 Å². The van der Waals surface area contributed by atoms with Gasteiger partial charge in [-0.25, -0.2) is 8.42 Å². The predicted molar refractivity (Wildman–Crippen MR) is 101 cm³/mol. The van der Waals surface area contributed by atoms with Gasteiger partial charge in [0.1, 0.15) is 5.54 Å². The smallest absolute Gasteiger partial charge is 0.252 e. The summed E-state index contributed by atoms with van der Waals surface area (Å²) in [5.74, 6) is -0.451. The zero-order valence-electron chi connectivity index (χ0n) is 15.7. The summed E-state index contributed by atoms with van der Waals surface area (Å²) in [6.45, 7) is 5.04. The number of hydrogen-bond donors (Lipinski definition) is 1. The topological polar surface area (TPSA) is 83.6 Å². The van der Waals surface area contributed by atoms with Crippen LogP contribution in [0.1, 0.15) is 56.3 Å². The van der Waals surface area contributed by atoms with Crippen LogP contribution < -0.4 is 5.32 Å². The molecule has 2 amide bonds. The molecule has 1 aliphatic carbocycles. The number of benzene rings is 1. The zero-order chi connectivity index (χ0) is 19.4. The molecule has 2 rings (SSSR count). The number of carbonyl (C=O) groups is 2. The molecule has 1 aliphatic rings. The third-order valence-corrected chi connectivity index (χ3v) is 6.15. The van der Waals surface area contributed by atoms with Crippen molar-refractivity contribution >= 4 is 21.7 Å². The summed E-state index contributed by atoms with van der Waals surface area (Å²) in [5.41, 5.74) is -0.646. The van der Waals surface area contributed by atoms with E-state index in [0.29, 0.717) is 25.9 Å². The average Bonchev–Trinajstić information content (AvgIpc) is 2.62. The summed E-state index contributed by atoms with van der Waals surface area (Å²) in [4.78, 5) is 27.8. The van der Waals surface area contributed by atoms with Crippen LogP contribution in [0, 0.1) is 0 Å². The molecule has 1 fully saturated rings. The van der Waals surface area contributed by atoms with Crippen LogP contribution in [-0.4, -0.2) is 50.0 Å². The van der Waals surface area contributed by atoms with Crippen molar-refractivity contribution in [3.8, 4) is 0 Å². The second-order valence-corrected chi connectivity index (χ2v) is 8.89. The normalized spacial score (nSPS) is 16.7.